The third kappa shape index (κ3) is 5.53. The first-order valence-electron chi connectivity index (χ1n) is 7.15. The van der Waals surface area contributed by atoms with E-state index in [4.69, 9.17) is 4.74 Å². The molecular weight excluding hydrogens is 318 g/mol. The molecule has 1 aromatic rings. The van der Waals surface area contributed by atoms with E-state index in [0.29, 0.717) is 5.92 Å². The van der Waals surface area contributed by atoms with Gasteiger partial charge in [-0.1, -0.05) is 43.1 Å². The Hall–Kier alpha value is -1.03. The number of hydrogen-bond acceptors (Lipinski definition) is 2. The zero-order valence-corrected chi connectivity index (χ0v) is 14.3. The molecule has 1 N–H and O–H groups in total. The molecule has 20 heavy (non-hydrogen) atoms. The molecule has 1 unspecified atom stereocenters. The van der Waals surface area contributed by atoms with Gasteiger partial charge in [0, 0.05) is 10.5 Å². The standard InChI is InChI=1S/C16H24BrNO2/c1-5-6-12(4)18-16(19)10-20-15-8-7-13(17)9-14(15)11(2)3/h7-9,11-12H,5-6,10H2,1-4H3,(H,18,19). The maximum absolute atomic E-state index is 11.8. The smallest absolute Gasteiger partial charge is 0.258 e. The summed E-state index contributed by atoms with van der Waals surface area (Å²) in [5.41, 5.74) is 1.11. The minimum absolute atomic E-state index is 0.0649. The Morgan fingerprint density at radius 3 is 2.65 bits per heavy atom. The van der Waals surface area contributed by atoms with Crippen molar-refractivity contribution in [2.75, 3.05) is 6.61 Å². The fourth-order valence-corrected chi connectivity index (χ4v) is 2.45. The largest absolute Gasteiger partial charge is 0.483 e. The van der Waals surface area contributed by atoms with Gasteiger partial charge >= 0.3 is 0 Å². The van der Waals surface area contributed by atoms with Gasteiger partial charge in [-0.2, -0.15) is 0 Å². The average Bonchev–Trinajstić information content (AvgIpc) is 2.37. The third-order valence-electron chi connectivity index (χ3n) is 3.08. The van der Waals surface area contributed by atoms with Gasteiger partial charge in [0.15, 0.2) is 6.61 Å². The van der Waals surface area contributed by atoms with Crippen molar-refractivity contribution >= 4 is 21.8 Å². The van der Waals surface area contributed by atoms with Crippen molar-refractivity contribution in [2.24, 2.45) is 0 Å². The van der Waals surface area contributed by atoms with E-state index in [-0.39, 0.29) is 18.6 Å². The summed E-state index contributed by atoms with van der Waals surface area (Å²) in [4.78, 5) is 11.8. The zero-order chi connectivity index (χ0) is 15.1. The fraction of sp³-hybridized carbons (Fsp3) is 0.562. The highest BCUT2D eigenvalue weighted by molar-refractivity contribution is 9.10. The zero-order valence-electron chi connectivity index (χ0n) is 12.7. The van der Waals surface area contributed by atoms with E-state index in [9.17, 15) is 4.79 Å². The molecule has 0 spiro atoms. The van der Waals surface area contributed by atoms with Gasteiger partial charge in [0.05, 0.1) is 0 Å². The van der Waals surface area contributed by atoms with Crippen LogP contribution in [0.5, 0.6) is 5.75 Å². The molecule has 1 rings (SSSR count). The Morgan fingerprint density at radius 1 is 1.35 bits per heavy atom. The molecule has 0 radical (unpaired) electrons. The summed E-state index contributed by atoms with van der Waals surface area (Å²) in [6, 6.07) is 6.07. The molecule has 1 amide bonds. The van der Waals surface area contributed by atoms with Crippen LogP contribution in [0.15, 0.2) is 22.7 Å². The van der Waals surface area contributed by atoms with Gasteiger partial charge in [-0.25, -0.2) is 0 Å². The Balaban J connectivity index is 2.59. The molecule has 112 valence electrons. The SMILES string of the molecule is CCCC(C)NC(=O)COc1ccc(Br)cc1C(C)C. The normalized spacial score (nSPS) is 12.3. The van der Waals surface area contributed by atoms with Crippen LogP contribution in [0.1, 0.15) is 52.0 Å². The number of benzene rings is 1. The van der Waals surface area contributed by atoms with Crippen LogP contribution in [0.4, 0.5) is 0 Å². The maximum atomic E-state index is 11.8. The Kier molecular flexibility index (Phi) is 7.06. The third-order valence-corrected chi connectivity index (χ3v) is 3.57. The lowest BCUT2D eigenvalue weighted by atomic mass is 10.0. The van der Waals surface area contributed by atoms with E-state index in [1.165, 1.54) is 0 Å². The molecule has 0 aliphatic carbocycles. The highest BCUT2D eigenvalue weighted by Gasteiger charge is 2.11. The first-order valence-corrected chi connectivity index (χ1v) is 7.95. The van der Waals surface area contributed by atoms with Gasteiger partial charge in [0.2, 0.25) is 0 Å². The van der Waals surface area contributed by atoms with Crippen LogP contribution in [-0.4, -0.2) is 18.6 Å². The van der Waals surface area contributed by atoms with Gasteiger partial charge in [-0.3, -0.25) is 4.79 Å². The summed E-state index contributed by atoms with van der Waals surface area (Å²) >= 11 is 3.46. The predicted octanol–water partition coefficient (Wildman–Crippen LogP) is 4.26. The van der Waals surface area contributed by atoms with Crippen LogP contribution in [-0.2, 0) is 4.79 Å². The van der Waals surface area contributed by atoms with Crippen LogP contribution < -0.4 is 10.1 Å². The number of hydrogen-bond donors (Lipinski definition) is 1. The first-order chi connectivity index (χ1) is 9.43. The minimum atomic E-state index is -0.0661. The quantitative estimate of drug-likeness (QED) is 0.804. The molecule has 0 aliphatic rings. The highest BCUT2D eigenvalue weighted by Crippen LogP contribution is 2.29. The fourth-order valence-electron chi connectivity index (χ4n) is 2.07. The van der Waals surface area contributed by atoms with E-state index in [0.717, 1.165) is 28.6 Å². The molecule has 0 saturated heterocycles. The van der Waals surface area contributed by atoms with Gasteiger partial charge in [-0.05, 0) is 43.0 Å². The molecular formula is C16H24BrNO2. The topological polar surface area (TPSA) is 38.3 Å². The van der Waals surface area contributed by atoms with E-state index >= 15 is 0 Å². The van der Waals surface area contributed by atoms with E-state index < -0.39 is 0 Å². The summed E-state index contributed by atoms with van der Waals surface area (Å²) in [7, 11) is 0. The number of carbonyl (C=O) groups excluding carboxylic acids is 1. The molecule has 0 bridgehead atoms. The van der Waals surface area contributed by atoms with Crippen LogP contribution in [0.3, 0.4) is 0 Å². The lowest BCUT2D eigenvalue weighted by Crippen LogP contribution is -2.36. The number of carbonyl (C=O) groups is 1. The number of ether oxygens (including phenoxy) is 1. The second-order valence-electron chi connectivity index (χ2n) is 5.38. The van der Waals surface area contributed by atoms with Crippen LogP contribution in [0.2, 0.25) is 0 Å². The molecule has 0 aliphatic heterocycles. The summed E-state index contributed by atoms with van der Waals surface area (Å²) in [5, 5.41) is 2.94. The highest BCUT2D eigenvalue weighted by atomic mass is 79.9. The number of amides is 1. The van der Waals surface area contributed by atoms with Crippen molar-refractivity contribution in [3.8, 4) is 5.75 Å². The van der Waals surface area contributed by atoms with E-state index in [1.807, 2.05) is 25.1 Å². The number of rotatable bonds is 7. The van der Waals surface area contributed by atoms with Gasteiger partial charge < -0.3 is 10.1 Å². The Morgan fingerprint density at radius 2 is 2.05 bits per heavy atom. The molecule has 4 heteroatoms. The monoisotopic (exact) mass is 341 g/mol. The second-order valence-corrected chi connectivity index (χ2v) is 6.30. The summed E-state index contributed by atoms with van der Waals surface area (Å²) in [5.74, 6) is 1.06. The van der Waals surface area contributed by atoms with Crippen LogP contribution in [0, 0.1) is 0 Å². The molecule has 3 nitrogen and oxygen atoms in total. The lowest BCUT2D eigenvalue weighted by Gasteiger charge is -2.16. The molecule has 0 saturated carbocycles. The number of nitrogens with one attached hydrogen (secondary N) is 1. The Bertz CT molecular complexity index is 446. The van der Waals surface area contributed by atoms with E-state index in [2.05, 4.69) is 42.0 Å². The summed E-state index contributed by atoms with van der Waals surface area (Å²) in [6.45, 7) is 8.40. The predicted molar refractivity (Wildman–Crippen MR) is 86.2 cm³/mol. The molecule has 0 aromatic heterocycles. The number of halogens is 1. The molecule has 0 fully saturated rings. The van der Waals surface area contributed by atoms with Crippen molar-refractivity contribution in [1.82, 2.24) is 5.32 Å². The van der Waals surface area contributed by atoms with Crippen molar-refractivity contribution < 1.29 is 9.53 Å². The van der Waals surface area contributed by atoms with Crippen molar-refractivity contribution in [1.29, 1.82) is 0 Å². The molecule has 1 aromatic carbocycles. The van der Waals surface area contributed by atoms with Crippen molar-refractivity contribution in [3.63, 3.8) is 0 Å². The van der Waals surface area contributed by atoms with Crippen molar-refractivity contribution in [3.05, 3.63) is 28.2 Å². The van der Waals surface area contributed by atoms with Crippen LogP contribution >= 0.6 is 15.9 Å². The van der Waals surface area contributed by atoms with Gasteiger partial charge in [-0.15, -0.1) is 0 Å². The second kappa shape index (κ2) is 8.30. The van der Waals surface area contributed by atoms with Crippen LogP contribution in [0.25, 0.3) is 0 Å². The van der Waals surface area contributed by atoms with Gasteiger partial charge in [0.25, 0.3) is 5.91 Å². The van der Waals surface area contributed by atoms with E-state index in [1.54, 1.807) is 0 Å². The lowest BCUT2D eigenvalue weighted by molar-refractivity contribution is -0.123. The summed E-state index contributed by atoms with van der Waals surface area (Å²) in [6.07, 6.45) is 2.05. The molecule has 1 atom stereocenters. The Labute approximate surface area is 130 Å². The minimum Gasteiger partial charge on any atom is -0.483 e. The van der Waals surface area contributed by atoms with Gasteiger partial charge in [0.1, 0.15) is 5.75 Å². The summed E-state index contributed by atoms with van der Waals surface area (Å²) < 4.78 is 6.68. The molecule has 0 heterocycles. The van der Waals surface area contributed by atoms with Crippen molar-refractivity contribution in [2.45, 2.75) is 52.5 Å². The first kappa shape index (κ1) is 17.0. The maximum Gasteiger partial charge on any atom is 0.258 e. The average molecular weight is 342 g/mol.